The number of carbonyl (C=O) groups excluding carboxylic acids is 4. The van der Waals surface area contributed by atoms with Crippen molar-refractivity contribution in [3.05, 3.63) is 53.4 Å². The van der Waals surface area contributed by atoms with Crippen LogP contribution in [0, 0.1) is 35.5 Å². The standard InChI is InChI=1S/C32H32Cl6O8/c1-5-15(17-7-13(17)3)11-43-29(39)23-25(37)19(33)9-21(35)27(23)45-31(41)32(42)46-28-22(36)10-20(34)26(38)24(28)30(40)44-12-16(6-2)18-8-14(18)4/h9-10,13-18H,5-8,11-12H2,1-4H3. The number of carbonyl (C=O) groups is 4. The van der Waals surface area contributed by atoms with E-state index in [-0.39, 0.29) is 55.2 Å². The van der Waals surface area contributed by atoms with Crippen LogP contribution in [-0.2, 0) is 19.1 Å². The summed E-state index contributed by atoms with van der Waals surface area (Å²) >= 11 is 37.5. The minimum Gasteiger partial charge on any atom is -0.462 e. The Balaban J connectivity index is 1.54. The van der Waals surface area contributed by atoms with Gasteiger partial charge in [0.15, 0.2) is 11.5 Å². The lowest BCUT2D eigenvalue weighted by Crippen LogP contribution is -2.28. The van der Waals surface area contributed by atoms with Gasteiger partial charge in [-0.05, 0) is 73.3 Å². The van der Waals surface area contributed by atoms with Gasteiger partial charge < -0.3 is 18.9 Å². The van der Waals surface area contributed by atoms with Crippen molar-refractivity contribution >= 4 is 93.5 Å². The smallest absolute Gasteiger partial charge is 0.423 e. The Morgan fingerprint density at radius 1 is 0.652 bits per heavy atom. The predicted molar refractivity (Wildman–Crippen MR) is 177 cm³/mol. The molecule has 46 heavy (non-hydrogen) atoms. The number of ether oxygens (including phenoxy) is 4. The summed E-state index contributed by atoms with van der Waals surface area (Å²) in [5.41, 5.74) is -0.905. The quantitative estimate of drug-likeness (QED) is 0.0913. The molecule has 0 bridgehead atoms. The van der Waals surface area contributed by atoms with Crippen molar-refractivity contribution in [1.29, 1.82) is 0 Å². The fraction of sp³-hybridized carbons (Fsp3) is 0.500. The number of rotatable bonds is 12. The van der Waals surface area contributed by atoms with Gasteiger partial charge in [0.1, 0.15) is 11.1 Å². The molecule has 6 atom stereocenters. The predicted octanol–water partition coefficient (Wildman–Crippen LogP) is 9.80. The van der Waals surface area contributed by atoms with Crippen LogP contribution in [-0.4, -0.2) is 37.1 Å². The molecule has 6 unspecified atom stereocenters. The number of hydrogen-bond donors (Lipinski definition) is 0. The van der Waals surface area contributed by atoms with Crippen molar-refractivity contribution < 1.29 is 38.1 Å². The average molecular weight is 757 g/mol. The minimum atomic E-state index is -1.64. The highest BCUT2D eigenvalue weighted by molar-refractivity contribution is 6.47. The first-order valence-electron chi connectivity index (χ1n) is 14.8. The number of esters is 4. The van der Waals surface area contributed by atoms with Crippen LogP contribution in [0.25, 0.3) is 0 Å². The van der Waals surface area contributed by atoms with E-state index >= 15 is 0 Å². The summed E-state index contributed by atoms with van der Waals surface area (Å²) in [7, 11) is 0. The SMILES string of the molecule is CCC(COC(=O)c1c(Cl)c(Cl)cc(Cl)c1OC(=O)C(=O)Oc1c(Cl)cc(Cl)c(Cl)c1C(=O)OCC(CC)C1CC1C)C1CC1C. The fourth-order valence-electron chi connectivity index (χ4n) is 5.60. The van der Waals surface area contributed by atoms with Gasteiger partial charge in [-0.1, -0.05) is 97.3 Å². The summed E-state index contributed by atoms with van der Waals surface area (Å²) in [5, 5.41) is -1.45. The Hall–Kier alpha value is -1.94. The van der Waals surface area contributed by atoms with Crippen LogP contribution in [0.5, 0.6) is 11.5 Å². The summed E-state index contributed by atoms with van der Waals surface area (Å²) < 4.78 is 21.4. The van der Waals surface area contributed by atoms with E-state index in [0.717, 1.165) is 37.8 Å². The van der Waals surface area contributed by atoms with Crippen LogP contribution in [0.4, 0.5) is 0 Å². The van der Waals surface area contributed by atoms with Gasteiger partial charge >= 0.3 is 23.9 Å². The molecule has 14 heteroatoms. The Bertz CT molecular complexity index is 1430. The van der Waals surface area contributed by atoms with E-state index in [1.807, 2.05) is 13.8 Å². The maximum absolute atomic E-state index is 13.2. The zero-order chi connectivity index (χ0) is 34.0. The molecule has 250 valence electrons. The Labute approximate surface area is 297 Å². The zero-order valence-corrected chi connectivity index (χ0v) is 29.9. The van der Waals surface area contributed by atoms with E-state index in [2.05, 4.69) is 13.8 Å². The fourth-order valence-corrected chi connectivity index (χ4v) is 7.04. The van der Waals surface area contributed by atoms with E-state index in [0.29, 0.717) is 23.7 Å². The third-order valence-electron chi connectivity index (χ3n) is 8.68. The number of benzene rings is 2. The maximum atomic E-state index is 13.2. The maximum Gasteiger partial charge on any atom is 0.423 e. The number of halogens is 6. The summed E-state index contributed by atoms with van der Waals surface area (Å²) in [6.45, 7) is 8.41. The van der Waals surface area contributed by atoms with Crippen molar-refractivity contribution in [3.8, 4) is 11.5 Å². The average Bonchev–Trinajstić information content (AvgIpc) is 3.92. The summed E-state index contributed by atoms with van der Waals surface area (Å²) in [4.78, 5) is 52.3. The van der Waals surface area contributed by atoms with Gasteiger partial charge in [0.2, 0.25) is 0 Å². The van der Waals surface area contributed by atoms with Gasteiger partial charge in [0.05, 0.1) is 43.3 Å². The normalized spacial score (nSPS) is 21.2. The lowest BCUT2D eigenvalue weighted by Gasteiger charge is -2.18. The third-order valence-corrected chi connectivity index (χ3v) is 10.8. The molecule has 2 aromatic carbocycles. The molecular weight excluding hydrogens is 725 g/mol. The van der Waals surface area contributed by atoms with Crippen LogP contribution in [0.3, 0.4) is 0 Å². The Morgan fingerprint density at radius 3 is 1.26 bits per heavy atom. The van der Waals surface area contributed by atoms with Gasteiger partial charge in [-0.2, -0.15) is 0 Å². The molecule has 0 spiro atoms. The van der Waals surface area contributed by atoms with E-state index < -0.39 is 46.5 Å². The lowest BCUT2D eigenvalue weighted by molar-refractivity contribution is -0.156. The van der Waals surface area contributed by atoms with Crippen LogP contribution < -0.4 is 9.47 Å². The van der Waals surface area contributed by atoms with E-state index in [9.17, 15) is 19.2 Å². The van der Waals surface area contributed by atoms with E-state index in [1.54, 1.807) is 0 Å². The highest BCUT2D eigenvalue weighted by Crippen LogP contribution is 2.47. The second-order valence-electron chi connectivity index (χ2n) is 11.8. The Morgan fingerprint density at radius 2 is 0.978 bits per heavy atom. The van der Waals surface area contributed by atoms with Gasteiger partial charge in [0.25, 0.3) is 0 Å². The summed E-state index contributed by atoms with van der Waals surface area (Å²) in [5.74, 6) is -4.19. The van der Waals surface area contributed by atoms with Crippen LogP contribution in [0.15, 0.2) is 12.1 Å². The third kappa shape index (κ3) is 8.37. The second kappa shape index (κ2) is 15.5. The van der Waals surface area contributed by atoms with Gasteiger partial charge in [-0.15, -0.1) is 0 Å². The molecule has 2 saturated carbocycles. The second-order valence-corrected chi connectivity index (χ2v) is 14.2. The van der Waals surface area contributed by atoms with E-state index in [1.165, 1.54) is 0 Å². The summed E-state index contributed by atoms with van der Waals surface area (Å²) in [6.07, 6.45) is 3.63. The van der Waals surface area contributed by atoms with Crippen molar-refractivity contribution in [3.63, 3.8) is 0 Å². The molecule has 2 aliphatic carbocycles. The lowest BCUT2D eigenvalue weighted by atomic mass is 10.0. The monoisotopic (exact) mass is 754 g/mol. The molecule has 0 aromatic heterocycles. The highest BCUT2D eigenvalue weighted by Gasteiger charge is 2.40. The van der Waals surface area contributed by atoms with Crippen LogP contribution in [0.1, 0.15) is 74.1 Å². The molecule has 0 amide bonds. The molecule has 2 aromatic rings. The highest BCUT2D eigenvalue weighted by atomic mass is 35.5. The molecule has 0 radical (unpaired) electrons. The minimum absolute atomic E-state index is 0.0909. The molecule has 2 aliphatic rings. The van der Waals surface area contributed by atoms with Gasteiger partial charge in [-0.25, -0.2) is 19.2 Å². The van der Waals surface area contributed by atoms with Gasteiger partial charge in [-0.3, -0.25) is 0 Å². The van der Waals surface area contributed by atoms with Crippen molar-refractivity contribution in [2.75, 3.05) is 13.2 Å². The zero-order valence-electron chi connectivity index (χ0n) is 25.4. The molecule has 0 N–H and O–H groups in total. The van der Waals surface area contributed by atoms with Crippen molar-refractivity contribution in [1.82, 2.24) is 0 Å². The van der Waals surface area contributed by atoms with Gasteiger partial charge in [0, 0.05) is 0 Å². The summed E-state index contributed by atoms with van der Waals surface area (Å²) in [6, 6.07) is 2.26. The number of hydrogen-bond acceptors (Lipinski definition) is 8. The largest absolute Gasteiger partial charge is 0.462 e. The Kier molecular flexibility index (Phi) is 12.4. The molecule has 0 saturated heterocycles. The first kappa shape index (κ1) is 36.9. The topological polar surface area (TPSA) is 105 Å². The molecule has 2 fully saturated rings. The van der Waals surface area contributed by atoms with Crippen molar-refractivity contribution in [2.45, 2.75) is 53.4 Å². The molecule has 8 nitrogen and oxygen atoms in total. The first-order valence-corrected chi connectivity index (χ1v) is 17.1. The molecular formula is C32H32Cl6O8. The molecule has 0 aliphatic heterocycles. The molecule has 4 rings (SSSR count). The van der Waals surface area contributed by atoms with Crippen molar-refractivity contribution in [2.24, 2.45) is 35.5 Å². The molecule has 0 heterocycles. The van der Waals surface area contributed by atoms with E-state index in [4.69, 9.17) is 88.6 Å². The van der Waals surface area contributed by atoms with Crippen LogP contribution >= 0.6 is 69.6 Å². The van der Waals surface area contributed by atoms with Crippen LogP contribution in [0.2, 0.25) is 30.1 Å². The first-order chi connectivity index (χ1) is 21.7.